The minimum Gasteiger partial charge on any atom is -0.506 e. The number of carbonyl (C=O) groups is 2. The first-order chi connectivity index (χ1) is 12.1. The van der Waals surface area contributed by atoms with E-state index < -0.39 is 12.0 Å². The molecule has 0 saturated carbocycles. The van der Waals surface area contributed by atoms with Crippen LogP contribution in [0.2, 0.25) is 0 Å². The second kappa shape index (κ2) is 7.13. The number of aliphatic hydroxyl groups excluding tert-OH is 1. The van der Waals surface area contributed by atoms with Crippen molar-refractivity contribution in [1.82, 2.24) is 0 Å². The molecule has 2 aromatic rings. The molecule has 0 aliphatic heterocycles. The average Bonchev–Trinajstić information content (AvgIpc) is 2.88. The highest BCUT2D eigenvalue weighted by molar-refractivity contribution is 6.30. The summed E-state index contributed by atoms with van der Waals surface area (Å²) in [5, 5.41) is 10.3. The number of ether oxygens (including phenoxy) is 1. The number of esters is 1. The van der Waals surface area contributed by atoms with Gasteiger partial charge in [0.25, 0.3) is 0 Å². The highest BCUT2D eigenvalue weighted by Crippen LogP contribution is 2.30. The molecule has 0 fully saturated rings. The molecule has 1 N–H and O–H groups in total. The number of ketones is 1. The summed E-state index contributed by atoms with van der Waals surface area (Å²) in [4.78, 5) is 28.9. The first-order valence-electron chi connectivity index (χ1n) is 7.95. The number of Topliss-reactive ketones (excluding diaryl/α,β-unsaturated/α-hetero) is 1. The Morgan fingerprint density at radius 3 is 2.40 bits per heavy atom. The Labute approximate surface area is 145 Å². The number of rotatable bonds is 5. The van der Waals surface area contributed by atoms with Gasteiger partial charge in [-0.15, -0.1) is 0 Å². The molecular weight excluding hydrogens is 318 g/mol. The van der Waals surface area contributed by atoms with E-state index in [9.17, 15) is 14.7 Å². The van der Waals surface area contributed by atoms with Crippen LogP contribution < -0.4 is 0 Å². The van der Waals surface area contributed by atoms with E-state index in [-0.39, 0.29) is 23.7 Å². The average molecular weight is 335 g/mol. The van der Waals surface area contributed by atoms with E-state index in [0.29, 0.717) is 16.7 Å². The Balaban J connectivity index is 1.94. The van der Waals surface area contributed by atoms with Crippen molar-refractivity contribution in [3.05, 3.63) is 76.9 Å². The minimum absolute atomic E-state index is 0.0754. The summed E-state index contributed by atoms with van der Waals surface area (Å²) in [5.74, 6) is -0.944. The van der Waals surface area contributed by atoms with Gasteiger partial charge in [-0.1, -0.05) is 54.6 Å². The molecular formula is C20H17NO4. The summed E-state index contributed by atoms with van der Waals surface area (Å²) in [7, 11) is 0. The first-order valence-corrected chi connectivity index (χ1v) is 7.95. The quantitative estimate of drug-likeness (QED) is 0.670. The maximum Gasteiger partial charge on any atom is 0.335 e. The minimum atomic E-state index is -0.891. The largest absolute Gasteiger partial charge is 0.506 e. The van der Waals surface area contributed by atoms with E-state index in [0.717, 1.165) is 0 Å². The van der Waals surface area contributed by atoms with Crippen molar-refractivity contribution in [2.75, 3.05) is 6.61 Å². The number of allylic oxidation sites excluding steroid dienone is 1. The topological polar surface area (TPSA) is 76.0 Å². The lowest BCUT2D eigenvalue weighted by atomic mass is 10.1. The Bertz CT molecular complexity index is 868. The molecule has 0 bridgehead atoms. The standard InChI is InChI=1S/C20H17NO4/c1-2-25-20(24)17(13-8-4-3-5-9-13)21-12-16-18(22)14-10-6-7-11-15(14)19(16)23/h3-12,17,22H,2H2,1H3. The van der Waals surface area contributed by atoms with Crippen LogP contribution in [-0.4, -0.2) is 29.7 Å². The summed E-state index contributed by atoms with van der Waals surface area (Å²) in [6.07, 6.45) is 1.26. The van der Waals surface area contributed by atoms with E-state index in [2.05, 4.69) is 4.99 Å². The predicted octanol–water partition coefficient (Wildman–Crippen LogP) is 3.53. The van der Waals surface area contributed by atoms with Crippen molar-refractivity contribution in [3.63, 3.8) is 0 Å². The Hall–Kier alpha value is -3.21. The third-order valence-corrected chi connectivity index (χ3v) is 3.90. The fourth-order valence-corrected chi connectivity index (χ4v) is 2.69. The molecule has 5 nitrogen and oxygen atoms in total. The molecule has 1 atom stereocenters. The van der Waals surface area contributed by atoms with Crippen LogP contribution >= 0.6 is 0 Å². The summed E-state index contributed by atoms with van der Waals surface area (Å²) < 4.78 is 5.07. The molecule has 5 heteroatoms. The molecule has 0 saturated heterocycles. The number of hydrogen-bond donors (Lipinski definition) is 1. The number of nitrogens with zero attached hydrogens (tertiary/aromatic N) is 1. The molecule has 1 unspecified atom stereocenters. The van der Waals surface area contributed by atoms with Gasteiger partial charge in [-0.3, -0.25) is 9.79 Å². The van der Waals surface area contributed by atoms with Gasteiger partial charge in [0.2, 0.25) is 0 Å². The zero-order valence-electron chi connectivity index (χ0n) is 13.7. The van der Waals surface area contributed by atoms with Crippen LogP contribution in [-0.2, 0) is 9.53 Å². The number of benzene rings is 2. The molecule has 126 valence electrons. The van der Waals surface area contributed by atoms with E-state index >= 15 is 0 Å². The normalized spacial score (nSPS) is 14.7. The number of aliphatic imine (C=N–C) groups is 1. The van der Waals surface area contributed by atoms with Gasteiger partial charge in [0.1, 0.15) is 5.76 Å². The lowest BCUT2D eigenvalue weighted by molar-refractivity contribution is -0.144. The van der Waals surface area contributed by atoms with Crippen LogP contribution in [0, 0.1) is 0 Å². The van der Waals surface area contributed by atoms with Gasteiger partial charge < -0.3 is 9.84 Å². The fourth-order valence-electron chi connectivity index (χ4n) is 2.69. The fraction of sp³-hybridized carbons (Fsp3) is 0.150. The Morgan fingerprint density at radius 1 is 1.12 bits per heavy atom. The SMILES string of the molecule is CCOC(=O)C(N=CC1=C(O)c2ccccc2C1=O)c1ccccc1. The van der Waals surface area contributed by atoms with Crippen LogP contribution in [0.5, 0.6) is 0 Å². The molecule has 0 radical (unpaired) electrons. The van der Waals surface area contributed by atoms with Gasteiger partial charge in [0.15, 0.2) is 11.8 Å². The highest BCUT2D eigenvalue weighted by atomic mass is 16.5. The lowest BCUT2D eigenvalue weighted by Gasteiger charge is -2.11. The van der Waals surface area contributed by atoms with Crippen molar-refractivity contribution < 1.29 is 19.4 Å². The number of hydrogen-bond acceptors (Lipinski definition) is 5. The van der Waals surface area contributed by atoms with Crippen LogP contribution in [0.3, 0.4) is 0 Å². The van der Waals surface area contributed by atoms with Crippen molar-refractivity contribution in [3.8, 4) is 0 Å². The van der Waals surface area contributed by atoms with Gasteiger partial charge in [-0.2, -0.15) is 0 Å². The maximum absolute atomic E-state index is 12.4. The van der Waals surface area contributed by atoms with Gasteiger partial charge in [-0.05, 0) is 12.5 Å². The number of fused-ring (bicyclic) bond motifs is 1. The smallest absolute Gasteiger partial charge is 0.335 e. The van der Waals surface area contributed by atoms with Gasteiger partial charge in [0.05, 0.1) is 12.2 Å². The third-order valence-electron chi connectivity index (χ3n) is 3.90. The highest BCUT2D eigenvalue weighted by Gasteiger charge is 2.29. The second-order valence-electron chi connectivity index (χ2n) is 5.48. The van der Waals surface area contributed by atoms with E-state index in [1.165, 1.54) is 6.21 Å². The lowest BCUT2D eigenvalue weighted by Crippen LogP contribution is -2.15. The summed E-state index contributed by atoms with van der Waals surface area (Å²) >= 11 is 0. The number of carbonyl (C=O) groups excluding carboxylic acids is 2. The Kier molecular flexibility index (Phi) is 4.75. The zero-order valence-corrected chi connectivity index (χ0v) is 13.7. The van der Waals surface area contributed by atoms with E-state index in [4.69, 9.17) is 4.74 Å². The van der Waals surface area contributed by atoms with Crippen molar-refractivity contribution in [2.24, 2.45) is 4.99 Å². The second-order valence-corrected chi connectivity index (χ2v) is 5.48. The van der Waals surface area contributed by atoms with Gasteiger partial charge >= 0.3 is 5.97 Å². The van der Waals surface area contributed by atoms with Gasteiger partial charge in [-0.25, -0.2) is 4.79 Å². The van der Waals surface area contributed by atoms with Crippen molar-refractivity contribution >= 4 is 23.7 Å². The molecule has 3 rings (SSSR count). The predicted molar refractivity (Wildman–Crippen MR) is 94.6 cm³/mol. The molecule has 0 spiro atoms. The van der Waals surface area contributed by atoms with Crippen LogP contribution in [0.1, 0.15) is 34.5 Å². The monoisotopic (exact) mass is 335 g/mol. The molecule has 1 aliphatic rings. The molecule has 1 aliphatic carbocycles. The zero-order chi connectivity index (χ0) is 17.8. The molecule has 25 heavy (non-hydrogen) atoms. The third kappa shape index (κ3) is 3.21. The summed E-state index contributed by atoms with van der Waals surface area (Å²) in [6.45, 7) is 1.95. The summed E-state index contributed by atoms with van der Waals surface area (Å²) in [6, 6.07) is 14.9. The molecule has 0 aromatic heterocycles. The Morgan fingerprint density at radius 2 is 1.76 bits per heavy atom. The van der Waals surface area contributed by atoms with Crippen molar-refractivity contribution in [1.29, 1.82) is 0 Å². The van der Waals surface area contributed by atoms with E-state index in [1.807, 2.05) is 6.07 Å². The van der Waals surface area contributed by atoms with Crippen LogP contribution in [0.15, 0.2) is 65.2 Å². The van der Waals surface area contributed by atoms with Crippen LogP contribution in [0.4, 0.5) is 0 Å². The molecule has 0 amide bonds. The molecule has 2 aromatic carbocycles. The van der Waals surface area contributed by atoms with Gasteiger partial charge in [0, 0.05) is 17.3 Å². The van der Waals surface area contributed by atoms with Crippen molar-refractivity contribution in [2.45, 2.75) is 13.0 Å². The molecule has 0 heterocycles. The first kappa shape index (κ1) is 16.6. The number of aliphatic hydroxyl groups is 1. The van der Waals surface area contributed by atoms with Crippen LogP contribution in [0.25, 0.3) is 5.76 Å². The maximum atomic E-state index is 12.4. The summed E-state index contributed by atoms with van der Waals surface area (Å²) in [5.41, 5.74) is 1.63. The van der Waals surface area contributed by atoms with E-state index in [1.54, 1.807) is 55.5 Å².